The van der Waals surface area contributed by atoms with Crippen LogP contribution < -0.4 is 4.90 Å². The number of aryl methyl sites for hydroxylation is 3. The number of hydrogen-bond acceptors (Lipinski definition) is 7. The fourth-order valence-corrected chi connectivity index (χ4v) is 7.35. The number of amides is 1. The average Bonchev–Trinajstić information content (AvgIpc) is 3.46. The summed E-state index contributed by atoms with van der Waals surface area (Å²) in [5, 5.41) is 5.68. The molecule has 2 aromatic carbocycles. The van der Waals surface area contributed by atoms with Gasteiger partial charge >= 0.3 is 0 Å². The summed E-state index contributed by atoms with van der Waals surface area (Å²) in [5.74, 6) is -0.273. The minimum absolute atomic E-state index is 0.149. The molecule has 0 bridgehead atoms. The molecule has 5 rings (SSSR count). The molecule has 4 aromatic rings. The lowest BCUT2D eigenvalue weighted by atomic mass is 10.2. The lowest BCUT2D eigenvalue weighted by Gasteiger charge is -2.26. The fourth-order valence-electron chi connectivity index (χ4n) is 4.50. The Labute approximate surface area is 230 Å². The van der Waals surface area contributed by atoms with Crippen molar-refractivity contribution in [3.05, 3.63) is 70.0 Å². The van der Waals surface area contributed by atoms with E-state index < -0.39 is 10.0 Å². The lowest BCUT2D eigenvalue weighted by molar-refractivity contribution is 0.0730. The number of thiazole rings is 1. The Morgan fingerprint density at radius 2 is 1.82 bits per heavy atom. The highest BCUT2D eigenvalue weighted by Crippen LogP contribution is 2.34. The summed E-state index contributed by atoms with van der Waals surface area (Å²) in [5.41, 5.74) is 4.00. The number of carbonyl (C=O) groups excluding carboxylic acids is 1. The van der Waals surface area contributed by atoms with Crippen LogP contribution in [0.4, 0.5) is 5.13 Å². The molecule has 0 N–H and O–H groups in total. The molecule has 0 spiro atoms. The molecule has 1 aliphatic heterocycles. The Bertz CT molecular complexity index is 1590. The van der Waals surface area contributed by atoms with Crippen LogP contribution >= 0.6 is 22.9 Å². The van der Waals surface area contributed by atoms with E-state index in [0.29, 0.717) is 55.1 Å². The second kappa shape index (κ2) is 10.7. The second-order valence-corrected chi connectivity index (χ2v) is 12.6. The number of benzene rings is 2. The van der Waals surface area contributed by atoms with E-state index in [0.717, 1.165) is 27.2 Å². The van der Waals surface area contributed by atoms with Gasteiger partial charge in [0.05, 0.1) is 40.6 Å². The molecule has 3 heterocycles. The first-order chi connectivity index (χ1) is 18.1. The van der Waals surface area contributed by atoms with Crippen molar-refractivity contribution in [1.82, 2.24) is 19.1 Å². The Kier molecular flexibility index (Phi) is 7.56. The van der Waals surface area contributed by atoms with Crippen LogP contribution in [0, 0.1) is 20.8 Å². The molecule has 0 saturated carbocycles. The highest BCUT2D eigenvalue weighted by atomic mass is 35.5. The number of nitrogens with zero attached hydrogens (tertiary/aromatic N) is 5. The summed E-state index contributed by atoms with van der Waals surface area (Å²) < 4.78 is 35.5. The van der Waals surface area contributed by atoms with Gasteiger partial charge in [0, 0.05) is 35.9 Å². The number of halogens is 1. The quantitative estimate of drug-likeness (QED) is 0.324. The predicted octanol–water partition coefficient (Wildman–Crippen LogP) is 4.44. The van der Waals surface area contributed by atoms with Crippen molar-refractivity contribution in [3.8, 4) is 0 Å². The van der Waals surface area contributed by atoms with Gasteiger partial charge in [0.15, 0.2) is 5.13 Å². The number of fused-ring (bicyclic) bond motifs is 1. The van der Waals surface area contributed by atoms with Gasteiger partial charge in [-0.1, -0.05) is 22.9 Å². The molecular weight excluding hydrogens is 546 g/mol. The Morgan fingerprint density at radius 3 is 2.47 bits per heavy atom. The van der Waals surface area contributed by atoms with Crippen molar-refractivity contribution in [1.29, 1.82) is 0 Å². The van der Waals surface area contributed by atoms with Crippen molar-refractivity contribution in [2.75, 3.05) is 37.7 Å². The second-order valence-electron chi connectivity index (χ2n) is 9.21. The van der Waals surface area contributed by atoms with Gasteiger partial charge in [0.2, 0.25) is 10.0 Å². The monoisotopic (exact) mass is 573 g/mol. The van der Waals surface area contributed by atoms with E-state index in [-0.39, 0.29) is 10.8 Å². The SMILES string of the molecule is Cc1cc(C)n(CCN(C(=O)c2ccc(S(=O)(=O)N3CCOCC3)cc2)c2nc3c(C)cc(Cl)cc3s2)n1. The molecule has 9 nitrogen and oxygen atoms in total. The number of carbonyl (C=O) groups is 1. The average molecular weight is 574 g/mol. The van der Waals surface area contributed by atoms with Crippen LogP contribution in [0.2, 0.25) is 5.02 Å². The van der Waals surface area contributed by atoms with Crippen LogP contribution in [0.25, 0.3) is 10.2 Å². The van der Waals surface area contributed by atoms with Crippen LogP contribution in [0.15, 0.2) is 47.4 Å². The zero-order valence-corrected chi connectivity index (χ0v) is 23.7. The van der Waals surface area contributed by atoms with Crippen LogP contribution in [0.5, 0.6) is 0 Å². The molecule has 0 unspecified atom stereocenters. The Morgan fingerprint density at radius 1 is 1.11 bits per heavy atom. The first-order valence-electron chi connectivity index (χ1n) is 12.2. The largest absolute Gasteiger partial charge is 0.379 e. The normalized spacial score (nSPS) is 14.7. The summed E-state index contributed by atoms with van der Waals surface area (Å²) in [6.07, 6.45) is 0. The number of sulfonamides is 1. The van der Waals surface area contributed by atoms with E-state index in [4.69, 9.17) is 21.3 Å². The van der Waals surface area contributed by atoms with Gasteiger partial charge in [-0.3, -0.25) is 14.4 Å². The van der Waals surface area contributed by atoms with Crippen LogP contribution in [-0.4, -0.2) is 66.2 Å². The Balaban J connectivity index is 1.46. The molecule has 0 atom stereocenters. The molecule has 1 saturated heterocycles. The number of rotatable bonds is 7. The van der Waals surface area contributed by atoms with Crippen molar-refractivity contribution in [2.45, 2.75) is 32.2 Å². The van der Waals surface area contributed by atoms with Gasteiger partial charge in [-0.2, -0.15) is 9.40 Å². The molecule has 38 heavy (non-hydrogen) atoms. The molecule has 2 aromatic heterocycles. The van der Waals surface area contributed by atoms with Crippen molar-refractivity contribution in [2.24, 2.45) is 0 Å². The third-order valence-electron chi connectivity index (χ3n) is 6.46. The van der Waals surface area contributed by atoms with Gasteiger partial charge in [-0.25, -0.2) is 13.4 Å². The van der Waals surface area contributed by atoms with Gasteiger partial charge in [-0.15, -0.1) is 0 Å². The first kappa shape index (κ1) is 26.8. The molecule has 12 heteroatoms. The smallest absolute Gasteiger partial charge is 0.260 e. The van der Waals surface area contributed by atoms with Crippen molar-refractivity contribution < 1.29 is 17.9 Å². The van der Waals surface area contributed by atoms with E-state index in [9.17, 15) is 13.2 Å². The topological polar surface area (TPSA) is 97.6 Å². The molecule has 0 aliphatic carbocycles. The van der Waals surface area contributed by atoms with Crippen molar-refractivity contribution in [3.63, 3.8) is 0 Å². The predicted molar refractivity (Wildman–Crippen MR) is 149 cm³/mol. The summed E-state index contributed by atoms with van der Waals surface area (Å²) in [6, 6.07) is 11.8. The van der Waals surface area contributed by atoms with Crippen LogP contribution in [0.1, 0.15) is 27.3 Å². The Hall–Kier alpha value is -2.83. The van der Waals surface area contributed by atoms with E-state index in [1.165, 1.54) is 27.8 Å². The third kappa shape index (κ3) is 5.34. The van der Waals surface area contributed by atoms with E-state index >= 15 is 0 Å². The lowest BCUT2D eigenvalue weighted by Crippen LogP contribution is -2.40. The first-order valence-corrected chi connectivity index (χ1v) is 14.8. The zero-order chi connectivity index (χ0) is 27.0. The van der Waals surface area contributed by atoms with Crippen LogP contribution in [0.3, 0.4) is 0 Å². The maximum Gasteiger partial charge on any atom is 0.260 e. The molecular formula is C26H28ClN5O4S2. The number of anilines is 1. The molecule has 1 amide bonds. The number of aromatic nitrogens is 3. The number of hydrogen-bond donors (Lipinski definition) is 0. The third-order valence-corrected chi connectivity index (χ3v) is 9.62. The van der Waals surface area contributed by atoms with Crippen molar-refractivity contribution >= 4 is 54.2 Å². The van der Waals surface area contributed by atoms with Gasteiger partial charge in [-0.05, 0) is 68.8 Å². The summed E-state index contributed by atoms with van der Waals surface area (Å²) in [7, 11) is -3.66. The highest BCUT2D eigenvalue weighted by Gasteiger charge is 2.27. The minimum atomic E-state index is -3.66. The summed E-state index contributed by atoms with van der Waals surface area (Å²) in [4.78, 5) is 20.4. The number of morpholine rings is 1. The van der Waals surface area contributed by atoms with Gasteiger partial charge in [0.1, 0.15) is 0 Å². The fraction of sp³-hybridized carbons (Fsp3) is 0.346. The molecule has 1 aliphatic rings. The van der Waals surface area contributed by atoms with E-state index in [1.807, 2.05) is 43.7 Å². The summed E-state index contributed by atoms with van der Waals surface area (Å²) >= 11 is 7.66. The minimum Gasteiger partial charge on any atom is -0.379 e. The van der Waals surface area contributed by atoms with Gasteiger partial charge in [0.25, 0.3) is 5.91 Å². The van der Waals surface area contributed by atoms with Crippen LogP contribution in [-0.2, 0) is 21.3 Å². The van der Waals surface area contributed by atoms with E-state index in [1.54, 1.807) is 17.0 Å². The highest BCUT2D eigenvalue weighted by molar-refractivity contribution is 7.89. The molecule has 200 valence electrons. The maximum absolute atomic E-state index is 13.8. The number of ether oxygens (including phenoxy) is 1. The zero-order valence-electron chi connectivity index (χ0n) is 21.3. The summed E-state index contributed by atoms with van der Waals surface area (Å²) in [6.45, 7) is 8.01. The molecule has 0 radical (unpaired) electrons. The van der Waals surface area contributed by atoms with E-state index in [2.05, 4.69) is 5.10 Å². The van der Waals surface area contributed by atoms with Gasteiger partial charge < -0.3 is 4.74 Å². The molecule has 1 fully saturated rings. The maximum atomic E-state index is 13.8. The standard InChI is InChI=1S/C26H28ClN5O4S2/c1-17-14-21(27)16-23-24(17)28-26(37-23)31(8-9-32-19(3)15-18(2)29-32)25(33)20-4-6-22(7-5-20)38(34,35)30-10-12-36-13-11-30/h4-7,14-16H,8-13H2,1-3H3.